The summed E-state index contributed by atoms with van der Waals surface area (Å²) in [6, 6.07) is 88.2. The molecule has 3 heterocycles. The van der Waals surface area contributed by atoms with Crippen LogP contribution in [-0.4, -0.2) is 27.6 Å². The van der Waals surface area contributed by atoms with E-state index in [1.54, 1.807) is 0 Å². The van der Waals surface area contributed by atoms with Crippen molar-refractivity contribution in [1.82, 2.24) is 19.5 Å². The third kappa shape index (κ3) is 5.77. The van der Waals surface area contributed by atoms with Crippen LogP contribution < -0.4 is 20.7 Å². The van der Waals surface area contributed by atoms with Gasteiger partial charge in [0, 0.05) is 38.9 Å². The first-order chi connectivity index (χ1) is 35.2. The normalized spacial score (nSPS) is 14.8. The average Bonchev–Trinajstić information content (AvgIpc) is 4.01. The molecule has 0 unspecified atom stereocenters. The molecule has 2 bridgehead atoms. The fourth-order valence-corrected chi connectivity index (χ4v) is 17.3. The zero-order chi connectivity index (χ0) is 46.6. The van der Waals surface area contributed by atoms with Crippen molar-refractivity contribution in [3.8, 4) is 28.7 Å². The van der Waals surface area contributed by atoms with Gasteiger partial charge in [0.2, 0.25) is 5.95 Å². The molecule has 10 aromatic carbocycles. The van der Waals surface area contributed by atoms with Gasteiger partial charge in [-0.1, -0.05) is 218 Å². The van der Waals surface area contributed by atoms with Crippen molar-refractivity contribution in [1.29, 1.82) is 0 Å². The van der Waals surface area contributed by atoms with Gasteiger partial charge in [-0.2, -0.15) is 9.97 Å². The predicted molar refractivity (Wildman–Crippen MR) is 291 cm³/mol. The molecule has 0 saturated carbocycles. The molecule has 71 heavy (non-hydrogen) atoms. The number of hydrogen-bond acceptors (Lipinski definition) is 4. The van der Waals surface area contributed by atoms with Crippen molar-refractivity contribution >= 4 is 72.6 Å². The maximum Gasteiger partial charge on any atom is 0.238 e. The summed E-state index contributed by atoms with van der Waals surface area (Å²) in [5, 5.41) is 9.64. The molecule has 332 valence electrons. The summed E-state index contributed by atoms with van der Waals surface area (Å²) < 4.78 is 8.99. The van der Waals surface area contributed by atoms with Gasteiger partial charge in [0.05, 0.1) is 16.6 Å². The summed E-state index contributed by atoms with van der Waals surface area (Å²) in [5.74, 6) is 1.92. The Bertz CT molecular complexity index is 4110. The summed E-state index contributed by atoms with van der Waals surface area (Å²) in [4.78, 5) is 16.6. The van der Waals surface area contributed by atoms with E-state index in [2.05, 4.69) is 235 Å². The summed E-state index contributed by atoms with van der Waals surface area (Å²) >= 11 is 0. The first-order valence-corrected chi connectivity index (χ1v) is 26.4. The maximum absolute atomic E-state index is 6.71. The number of nitrogens with zero attached hydrogens (tertiary/aromatic N) is 4. The quantitative estimate of drug-likeness (QED) is 0.118. The highest BCUT2D eigenvalue weighted by molar-refractivity contribution is 7.19. The molecule has 0 saturated heterocycles. The monoisotopic (exact) mass is 922 g/mol. The van der Waals surface area contributed by atoms with Gasteiger partial charge in [0.1, 0.15) is 11.2 Å². The van der Waals surface area contributed by atoms with E-state index in [4.69, 9.17) is 19.4 Å². The van der Waals surface area contributed by atoms with E-state index < -0.39 is 8.07 Å². The minimum absolute atomic E-state index is 0.0894. The molecular formula is C65H42N4OSi. The van der Waals surface area contributed by atoms with Gasteiger partial charge in [-0.15, -0.1) is 0 Å². The van der Waals surface area contributed by atoms with E-state index >= 15 is 0 Å². The highest BCUT2D eigenvalue weighted by Gasteiger charge is 2.44. The molecule has 0 spiro atoms. The van der Waals surface area contributed by atoms with Gasteiger partial charge in [-0.3, -0.25) is 4.57 Å². The molecule has 13 aromatic rings. The van der Waals surface area contributed by atoms with Crippen LogP contribution >= 0.6 is 0 Å². The molecule has 0 fully saturated rings. The van der Waals surface area contributed by atoms with Crippen LogP contribution in [-0.2, 0) is 0 Å². The molecule has 3 aliphatic rings. The third-order valence-electron chi connectivity index (χ3n) is 15.4. The van der Waals surface area contributed by atoms with Crippen molar-refractivity contribution in [2.24, 2.45) is 0 Å². The van der Waals surface area contributed by atoms with Crippen molar-refractivity contribution in [3.05, 3.63) is 276 Å². The molecule has 0 aliphatic heterocycles. The lowest BCUT2D eigenvalue weighted by Gasteiger charge is -2.42. The summed E-state index contributed by atoms with van der Waals surface area (Å²) in [6.45, 7) is 0. The third-order valence-corrected chi connectivity index (χ3v) is 20.2. The van der Waals surface area contributed by atoms with E-state index in [9.17, 15) is 0 Å². The fourth-order valence-electron chi connectivity index (χ4n) is 12.5. The predicted octanol–water partition coefficient (Wildman–Crippen LogP) is 12.6. The van der Waals surface area contributed by atoms with Crippen molar-refractivity contribution in [2.75, 3.05) is 0 Å². The number of aromatic nitrogens is 4. The van der Waals surface area contributed by atoms with Gasteiger partial charge in [0.25, 0.3) is 0 Å². The Balaban J connectivity index is 1.01. The Morgan fingerprint density at radius 1 is 0.380 bits per heavy atom. The van der Waals surface area contributed by atoms with Crippen LogP contribution in [0.3, 0.4) is 0 Å². The standard InChI is InChI=1S/C65H42N4OSi/c1-4-21-42(22-5-1)71(43-23-6-2-7-24-43,44-25-8-3-9-26-44)45-27-18-20-41(40-45)63-66-64(54-35-19-34-51-46-28-15-17-37-57(46)70-62(51)54)68-65(67-63)69-55-36-16-14-33-52(55)60-56(69)39-38-53-58-47-29-10-12-31-49(47)59(61(53)60)50-32-13-11-30-48(50)58/h1-40,58-59H. The Hall–Kier alpha value is -8.97. The van der Waals surface area contributed by atoms with Gasteiger partial charge >= 0.3 is 0 Å². The van der Waals surface area contributed by atoms with Crippen molar-refractivity contribution in [2.45, 2.75) is 11.8 Å². The molecular weight excluding hydrogens is 881 g/mol. The molecule has 0 radical (unpaired) electrons. The van der Waals surface area contributed by atoms with Gasteiger partial charge < -0.3 is 4.42 Å². The maximum atomic E-state index is 6.71. The minimum Gasteiger partial charge on any atom is -0.455 e. The lowest BCUT2D eigenvalue weighted by Crippen LogP contribution is -2.74. The lowest BCUT2D eigenvalue weighted by atomic mass is 9.60. The van der Waals surface area contributed by atoms with E-state index in [0.717, 1.165) is 44.1 Å². The fraction of sp³-hybridized carbons (Fsp3) is 0.0308. The summed E-state index contributed by atoms with van der Waals surface area (Å²) in [7, 11) is -2.90. The van der Waals surface area contributed by atoms with Crippen LogP contribution in [0, 0.1) is 0 Å². The van der Waals surface area contributed by atoms with Gasteiger partial charge in [0.15, 0.2) is 19.7 Å². The zero-order valence-electron chi connectivity index (χ0n) is 38.4. The van der Waals surface area contributed by atoms with Crippen LogP contribution in [0.5, 0.6) is 0 Å². The van der Waals surface area contributed by atoms with E-state index in [1.165, 1.54) is 64.9 Å². The number of furan rings is 1. The largest absolute Gasteiger partial charge is 0.455 e. The molecule has 0 amide bonds. The number of benzene rings is 10. The molecule has 3 aliphatic carbocycles. The summed E-state index contributed by atoms with van der Waals surface area (Å²) in [5.41, 5.74) is 13.7. The van der Waals surface area contributed by atoms with Gasteiger partial charge in [-0.05, 0) is 78.4 Å². The Labute approximate surface area is 411 Å². The van der Waals surface area contributed by atoms with E-state index in [-0.39, 0.29) is 11.8 Å². The number of fused-ring (bicyclic) bond motifs is 6. The topological polar surface area (TPSA) is 56.7 Å². The molecule has 3 aromatic heterocycles. The second-order valence-corrected chi connectivity index (χ2v) is 22.7. The second kappa shape index (κ2) is 15.5. The molecule has 0 atom stereocenters. The first-order valence-electron chi connectivity index (χ1n) is 24.4. The van der Waals surface area contributed by atoms with E-state index in [0.29, 0.717) is 17.6 Å². The Morgan fingerprint density at radius 2 is 0.915 bits per heavy atom. The lowest BCUT2D eigenvalue weighted by molar-refractivity contribution is 0.669. The van der Waals surface area contributed by atoms with E-state index in [1.807, 2.05) is 12.1 Å². The molecule has 6 heteroatoms. The van der Waals surface area contributed by atoms with Crippen LogP contribution in [0.2, 0.25) is 0 Å². The SMILES string of the molecule is c1ccc([Si](c2ccccc2)(c2ccccc2)c2cccc(-c3nc(-c4cccc5c4oc4ccccc45)nc(-n4c5ccccc5c5c6c(ccc54)C4c5ccccc5C6c5ccccc54)n3)c2)cc1. The Morgan fingerprint density at radius 3 is 1.59 bits per heavy atom. The Kier molecular flexibility index (Phi) is 8.74. The number of hydrogen-bond donors (Lipinski definition) is 0. The second-order valence-electron chi connectivity index (χ2n) is 18.9. The van der Waals surface area contributed by atoms with Crippen molar-refractivity contribution < 1.29 is 4.42 Å². The minimum atomic E-state index is -2.90. The first kappa shape index (κ1) is 40.0. The summed E-state index contributed by atoms with van der Waals surface area (Å²) in [6.07, 6.45) is 0. The number of rotatable bonds is 7. The van der Waals surface area contributed by atoms with Crippen LogP contribution in [0.1, 0.15) is 45.2 Å². The molecule has 0 N–H and O–H groups in total. The molecule has 5 nitrogen and oxygen atoms in total. The van der Waals surface area contributed by atoms with Crippen LogP contribution in [0.15, 0.2) is 247 Å². The van der Waals surface area contributed by atoms with Crippen LogP contribution in [0.25, 0.3) is 72.5 Å². The van der Waals surface area contributed by atoms with Crippen molar-refractivity contribution in [3.63, 3.8) is 0 Å². The zero-order valence-corrected chi connectivity index (χ0v) is 39.4. The average molecular weight is 923 g/mol. The van der Waals surface area contributed by atoms with Gasteiger partial charge in [-0.25, -0.2) is 4.98 Å². The highest BCUT2D eigenvalue weighted by Crippen LogP contribution is 2.58. The number of para-hydroxylation sites is 3. The highest BCUT2D eigenvalue weighted by atomic mass is 28.3. The molecule has 16 rings (SSSR count). The smallest absolute Gasteiger partial charge is 0.238 e. The van der Waals surface area contributed by atoms with Crippen LogP contribution in [0.4, 0.5) is 0 Å².